The van der Waals surface area contributed by atoms with Crippen LogP contribution in [0.3, 0.4) is 0 Å². The van der Waals surface area contributed by atoms with Gasteiger partial charge in [0, 0.05) is 40.6 Å². The van der Waals surface area contributed by atoms with Crippen molar-refractivity contribution in [3.05, 3.63) is 95.3 Å². The Labute approximate surface area is 184 Å². The second-order valence-corrected chi connectivity index (χ2v) is 7.69. The molecule has 5 aromatic rings. The van der Waals surface area contributed by atoms with Crippen LogP contribution in [0.5, 0.6) is 0 Å². The van der Waals surface area contributed by atoms with E-state index in [-0.39, 0.29) is 0 Å². The van der Waals surface area contributed by atoms with E-state index < -0.39 is 0 Å². The van der Waals surface area contributed by atoms with Gasteiger partial charge < -0.3 is 5.32 Å². The summed E-state index contributed by atoms with van der Waals surface area (Å²) in [5, 5.41) is 19.9. The first kappa shape index (κ1) is 19.1. The van der Waals surface area contributed by atoms with E-state index in [2.05, 4.69) is 11.4 Å². The minimum Gasteiger partial charge on any atom is -0.385 e. The predicted octanol–water partition coefficient (Wildman–Crippen LogP) is 5.75. The summed E-state index contributed by atoms with van der Waals surface area (Å²) in [5.74, 6) is 0. The normalized spacial score (nSPS) is 11.0. The van der Waals surface area contributed by atoms with Gasteiger partial charge in [-0.05, 0) is 54.6 Å². The number of fused-ring (bicyclic) bond motifs is 3. The van der Waals surface area contributed by atoms with E-state index in [1.54, 1.807) is 12.1 Å². The highest BCUT2D eigenvalue weighted by molar-refractivity contribution is 6.31. The molecule has 3 aromatic carbocycles. The number of halogens is 1. The Morgan fingerprint density at radius 1 is 0.968 bits per heavy atom. The molecule has 31 heavy (non-hydrogen) atoms. The van der Waals surface area contributed by atoms with E-state index in [9.17, 15) is 0 Å². The Hall–Kier alpha value is -3.88. The molecular weight excluding hydrogens is 406 g/mol. The molecule has 0 saturated heterocycles. The smallest absolute Gasteiger partial charge is 0.104 e. The number of nitrogens with zero attached hydrogens (tertiary/aromatic N) is 4. The molecule has 0 fully saturated rings. The number of para-hydroxylation sites is 1. The maximum Gasteiger partial charge on any atom is 0.104 e. The van der Waals surface area contributed by atoms with Crippen LogP contribution in [-0.2, 0) is 6.42 Å². The van der Waals surface area contributed by atoms with Gasteiger partial charge in [0.1, 0.15) is 5.52 Å². The molecule has 5 rings (SSSR count). The summed E-state index contributed by atoms with van der Waals surface area (Å²) in [4.78, 5) is 4.91. The van der Waals surface area contributed by atoms with Crippen molar-refractivity contribution in [1.29, 1.82) is 5.26 Å². The van der Waals surface area contributed by atoms with Crippen LogP contribution in [0.1, 0.15) is 11.3 Å². The molecule has 0 atom stereocenters. The van der Waals surface area contributed by atoms with Crippen LogP contribution in [0, 0.1) is 11.3 Å². The lowest BCUT2D eigenvalue weighted by atomic mass is 10.1. The SMILES string of the molecule is N#Cc1ccc(NCCc2nc3cc(Cl)ccc3c3nn(-c4ccccc4)cc23)cc1. The molecule has 2 aromatic heterocycles. The Morgan fingerprint density at radius 2 is 1.77 bits per heavy atom. The minimum absolute atomic E-state index is 0.647. The van der Waals surface area contributed by atoms with Gasteiger partial charge in [-0.3, -0.25) is 4.98 Å². The Morgan fingerprint density at radius 3 is 2.55 bits per heavy atom. The summed E-state index contributed by atoms with van der Waals surface area (Å²) in [6.45, 7) is 0.705. The van der Waals surface area contributed by atoms with Crippen molar-refractivity contribution in [3.8, 4) is 11.8 Å². The highest BCUT2D eigenvalue weighted by atomic mass is 35.5. The van der Waals surface area contributed by atoms with E-state index in [1.165, 1.54) is 0 Å². The molecular formula is C25H18ClN5. The maximum absolute atomic E-state index is 8.95. The number of rotatable bonds is 5. The van der Waals surface area contributed by atoms with Crippen LogP contribution in [0.15, 0.2) is 79.0 Å². The predicted molar refractivity (Wildman–Crippen MR) is 125 cm³/mol. The van der Waals surface area contributed by atoms with E-state index >= 15 is 0 Å². The van der Waals surface area contributed by atoms with Crippen molar-refractivity contribution in [2.24, 2.45) is 0 Å². The molecule has 0 unspecified atom stereocenters. The zero-order chi connectivity index (χ0) is 21.2. The zero-order valence-corrected chi connectivity index (χ0v) is 17.3. The molecule has 0 spiro atoms. The molecule has 0 bridgehead atoms. The highest BCUT2D eigenvalue weighted by Crippen LogP contribution is 2.28. The van der Waals surface area contributed by atoms with E-state index in [4.69, 9.17) is 26.9 Å². The van der Waals surface area contributed by atoms with Crippen molar-refractivity contribution in [1.82, 2.24) is 14.8 Å². The monoisotopic (exact) mass is 423 g/mol. The number of hydrogen-bond donors (Lipinski definition) is 1. The Balaban J connectivity index is 1.52. The van der Waals surface area contributed by atoms with Gasteiger partial charge in [0.15, 0.2) is 0 Å². The van der Waals surface area contributed by atoms with E-state index in [0.717, 1.165) is 45.3 Å². The number of anilines is 1. The first-order chi connectivity index (χ1) is 15.2. The van der Waals surface area contributed by atoms with Crippen molar-refractivity contribution < 1.29 is 0 Å². The third-order valence-electron chi connectivity index (χ3n) is 5.22. The quantitative estimate of drug-likeness (QED) is 0.390. The molecule has 150 valence electrons. The molecule has 0 aliphatic rings. The molecule has 0 radical (unpaired) electrons. The molecule has 6 heteroatoms. The number of hydrogen-bond acceptors (Lipinski definition) is 4. The lowest BCUT2D eigenvalue weighted by Gasteiger charge is -2.08. The van der Waals surface area contributed by atoms with Crippen LogP contribution >= 0.6 is 11.6 Å². The molecule has 2 heterocycles. The molecule has 0 saturated carbocycles. The topological polar surface area (TPSA) is 66.5 Å². The number of benzene rings is 3. The average Bonchev–Trinajstić information content (AvgIpc) is 3.26. The van der Waals surface area contributed by atoms with E-state index in [1.807, 2.05) is 71.5 Å². The third-order valence-corrected chi connectivity index (χ3v) is 5.46. The van der Waals surface area contributed by atoms with Crippen LogP contribution in [0.25, 0.3) is 27.5 Å². The van der Waals surface area contributed by atoms with E-state index in [0.29, 0.717) is 17.1 Å². The van der Waals surface area contributed by atoms with Crippen LogP contribution in [0.2, 0.25) is 5.02 Å². The van der Waals surface area contributed by atoms with Crippen molar-refractivity contribution >= 4 is 39.1 Å². The average molecular weight is 424 g/mol. The lowest BCUT2D eigenvalue weighted by molar-refractivity contribution is 0.897. The largest absolute Gasteiger partial charge is 0.385 e. The first-order valence-corrected chi connectivity index (χ1v) is 10.4. The number of aromatic nitrogens is 3. The molecule has 0 amide bonds. The molecule has 5 nitrogen and oxygen atoms in total. The summed E-state index contributed by atoms with van der Waals surface area (Å²) in [7, 11) is 0. The second kappa shape index (κ2) is 8.10. The molecule has 0 aliphatic carbocycles. The fourth-order valence-corrected chi connectivity index (χ4v) is 3.84. The molecule has 0 aliphatic heterocycles. The summed E-state index contributed by atoms with van der Waals surface area (Å²) in [6.07, 6.45) is 2.77. The number of nitrogens with one attached hydrogen (secondary N) is 1. The second-order valence-electron chi connectivity index (χ2n) is 7.26. The van der Waals surface area contributed by atoms with Gasteiger partial charge in [0.2, 0.25) is 0 Å². The van der Waals surface area contributed by atoms with Crippen LogP contribution < -0.4 is 5.32 Å². The first-order valence-electron chi connectivity index (χ1n) is 9.98. The number of nitriles is 1. The van der Waals surface area contributed by atoms with Crippen molar-refractivity contribution in [2.75, 3.05) is 11.9 Å². The lowest BCUT2D eigenvalue weighted by Crippen LogP contribution is -2.06. The van der Waals surface area contributed by atoms with Crippen LogP contribution in [0.4, 0.5) is 5.69 Å². The minimum atomic E-state index is 0.647. The standard InChI is InChI=1S/C25H18ClN5/c26-18-8-11-21-24(14-18)29-23(12-13-28-19-9-6-17(15-27)7-10-19)22-16-31(30-25(21)22)20-4-2-1-3-5-20/h1-11,14,16,28H,12-13H2. The maximum atomic E-state index is 8.95. The third kappa shape index (κ3) is 3.81. The summed E-state index contributed by atoms with van der Waals surface area (Å²) in [5.41, 5.74) is 5.34. The van der Waals surface area contributed by atoms with Gasteiger partial charge in [-0.2, -0.15) is 10.4 Å². The number of pyridine rings is 1. The Kier molecular flexibility index (Phi) is 4.99. The van der Waals surface area contributed by atoms with Crippen molar-refractivity contribution in [3.63, 3.8) is 0 Å². The highest BCUT2D eigenvalue weighted by Gasteiger charge is 2.13. The van der Waals surface area contributed by atoms with Gasteiger partial charge in [-0.25, -0.2) is 4.68 Å². The van der Waals surface area contributed by atoms with Gasteiger partial charge in [0.05, 0.1) is 28.5 Å². The molecule has 1 N–H and O–H groups in total. The van der Waals surface area contributed by atoms with Gasteiger partial charge in [-0.15, -0.1) is 0 Å². The summed E-state index contributed by atoms with van der Waals surface area (Å²) >= 11 is 6.23. The summed E-state index contributed by atoms with van der Waals surface area (Å²) < 4.78 is 1.90. The van der Waals surface area contributed by atoms with Crippen molar-refractivity contribution in [2.45, 2.75) is 6.42 Å². The fraction of sp³-hybridized carbons (Fsp3) is 0.0800. The zero-order valence-electron chi connectivity index (χ0n) is 16.6. The Bertz CT molecular complexity index is 1420. The van der Waals surface area contributed by atoms with Crippen LogP contribution in [-0.4, -0.2) is 21.3 Å². The van der Waals surface area contributed by atoms with Gasteiger partial charge in [0.25, 0.3) is 0 Å². The fourth-order valence-electron chi connectivity index (χ4n) is 3.68. The van der Waals surface area contributed by atoms with Gasteiger partial charge in [-0.1, -0.05) is 29.8 Å². The van der Waals surface area contributed by atoms with Gasteiger partial charge >= 0.3 is 0 Å². The summed E-state index contributed by atoms with van der Waals surface area (Å²) in [6, 6.07) is 25.4.